The lowest BCUT2D eigenvalue weighted by Crippen LogP contribution is -2.39. The Morgan fingerprint density at radius 1 is 1.00 bits per heavy atom. The fourth-order valence-corrected chi connectivity index (χ4v) is 4.74. The lowest BCUT2D eigenvalue weighted by Gasteiger charge is -2.30. The molecule has 174 valence electrons. The first-order valence-corrected chi connectivity index (χ1v) is 11.5. The Bertz CT molecular complexity index is 1280. The van der Waals surface area contributed by atoms with Gasteiger partial charge in [-0.2, -0.15) is 0 Å². The quantitative estimate of drug-likeness (QED) is 0.386. The van der Waals surface area contributed by atoms with Gasteiger partial charge >= 0.3 is 0 Å². The third-order valence-corrected chi connectivity index (χ3v) is 6.44. The smallest absolute Gasteiger partial charge is 0.231 e. The topological polar surface area (TPSA) is 121 Å². The Morgan fingerprint density at radius 3 is 2.41 bits per heavy atom. The Kier molecular flexibility index (Phi) is 6.14. The number of nitrogen functional groups attached to an aromatic ring is 1. The van der Waals surface area contributed by atoms with Crippen LogP contribution in [0.5, 0.6) is 11.5 Å². The molecule has 4 aromatic rings. The van der Waals surface area contributed by atoms with Crippen LogP contribution in [-0.2, 0) is 4.79 Å². The summed E-state index contributed by atoms with van der Waals surface area (Å²) in [6, 6.07) is 18.3. The molecule has 2 heterocycles. The third-order valence-electron chi connectivity index (χ3n) is 6.44. The van der Waals surface area contributed by atoms with E-state index in [1.165, 1.54) is 6.33 Å². The van der Waals surface area contributed by atoms with Gasteiger partial charge in [0.15, 0.2) is 0 Å². The number of nitrogens with two attached hydrogens (primary N) is 2. The van der Waals surface area contributed by atoms with Gasteiger partial charge in [0.05, 0.1) is 11.9 Å². The second-order valence-electron chi connectivity index (χ2n) is 8.70. The Morgan fingerprint density at radius 2 is 1.71 bits per heavy atom. The summed E-state index contributed by atoms with van der Waals surface area (Å²) < 4.78 is 8.17. The van der Waals surface area contributed by atoms with Crippen molar-refractivity contribution in [3.8, 4) is 22.6 Å². The summed E-state index contributed by atoms with van der Waals surface area (Å²) in [6.07, 6.45) is 7.57. The molecule has 1 fully saturated rings. The molecule has 0 saturated heterocycles. The molecular formula is C26H28N6O2. The molecular weight excluding hydrogens is 428 g/mol. The van der Waals surface area contributed by atoms with Gasteiger partial charge in [0.25, 0.3) is 0 Å². The molecule has 1 aliphatic rings. The lowest BCUT2D eigenvalue weighted by molar-refractivity contribution is -0.117. The van der Waals surface area contributed by atoms with Gasteiger partial charge in [-0.3, -0.25) is 4.79 Å². The zero-order valence-corrected chi connectivity index (χ0v) is 18.9. The van der Waals surface area contributed by atoms with Crippen LogP contribution in [0.4, 0.5) is 5.82 Å². The number of benzene rings is 2. The summed E-state index contributed by atoms with van der Waals surface area (Å²) in [6.45, 7) is 0.222. The number of carbonyl (C=O) groups is 1. The highest BCUT2D eigenvalue weighted by molar-refractivity contribution is 6.00. The second kappa shape index (κ2) is 9.52. The van der Waals surface area contributed by atoms with Crippen LogP contribution in [0.15, 0.2) is 67.1 Å². The van der Waals surface area contributed by atoms with Crippen molar-refractivity contribution < 1.29 is 9.53 Å². The number of fused-ring (bicyclic) bond motifs is 1. The number of hydrogen-bond acceptors (Lipinski definition) is 6. The van der Waals surface area contributed by atoms with E-state index in [1.807, 2.05) is 54.6 Å². The lowest BCUT2D eigenvalue weighted by atomic mass is 9.91. The maximum atomic E-state index is 11.1. The molecule has 0 radical (unpaired) electrons. The molecule has 0 spiro atoms. The average molecular weight is 457 g/mol. The number of nitrogens with one attached hydrogen (secondary N) is 1. The summed E-state index contributed by atoms with van der Waals surface area (Å²) in [5.74, 6) is 1.71. The van der Waals surface area contributed by atoms with Crippen LogP contribution < -0.4 is 21.5 Å². The number of para-hydroxylation sites is 1. The van der Waals surface area contributed by atoms with Crippen LogP contribution >= 0.6 is 0 Å². The number of primary amides is 1. The van der Waals surface area contributed by atoms with E-state index in [0.717, 1.165) is 59.3 Å². The van der Waals surface area contributed by atoms with Crippen molar-refractivity contribution in [2.45, 2.75) is 37.8 Å². The number of hydrogen-bond donors (Lipinski definition) is 3. The third kappa shape index (κ3) is 4.58. The molecule has 8 nitrogen and oxygen atoms in total. The van der Waals surface area contributed by atoms with Crippen LogP contribution in [0.3, 0.4) is 0 Å². The monoisotopic (exact) mass is 456 g/mol. The fourth-order valence-electron chi connectivity index (χ4n) is 4.74. The number of anilines is 1. The number of ether oxygens (including phenoxy) is 1. The van der Waals surface area contributed by atoms with Crippen molar-refractivity contribution >= 4 is 22.8 Å². The number of amides is 1. The first-order chi connectivity index (χ1) is 16.6. The highest BCUT2D eigenvalue weighted by Crippen LogP contribution is 2.38. The molecule has 34 heavy (non-hydrogen) atoms. The van der Waals surface area contributed by atoms with Crippen LogP contribution in [0.25, 0.3) is 22.2 Å². The molecule has 5 N–H and O–H groups in total. The molecule has 0 unspecified atom stereocenters. The minimum absolute atomic E-state index is 0.222. The van der Waals surface area contributed by atoms with Crippen molar-refractivity contribution in [1.29, 1.82) is 0 Å². The largest absolute Gasteiger partial charge is 0.457 e. The van der Waals surface area contributed by atoms with E-state index in [2.05, 4.69) is 26.0 Å². The molecule has 2 aromatic heterocycles. The van der Waals surface area contributed by atoms with E-state index in [4.69, 9.17) is 16.2 Å². The van der Waals surface area contributed by atoms with Gasteiger partial charge in [0, 0.05) is 23.8 Å². The number of nitrogens with zero attached hydrogens (tertiary/aromatic N) is 3. The summed E-state index contributed by atoms with van der Waals surface area (Å²) in [4.78, 5) is 19.9. The summed E-state index contributed by atoms with van der Waals surface area (Å²) >= 11 is 0. The first-order valence-electron chi connectivity index (χ1n) is 11.5. The zero-order valence-electron chi connectivity index (χ0n) is 18.9. The Balaban J connectivity index is 1.40. The molecule has 1 amide bonds. The predicted octanol–water partition coefficient (Wildman–Crippen LogP) is 4.03. The molecule has 2 aromatic carbocycles. The molecule has 0 atom stereocenters. The highest BCUT2D eigenvalue weighted by atomic mass is 16.5. The zero-order chi connectivity index (χ0) is 23.5. The standard InChI is InChI=1S/C26H28N6O2/c27-23(33)14-29-18-8-10-19(11-9-18)32-15-22(24-25(28)30-16-31-26(24)32)17-6-12-21(13-7-17)34-20-4-2-1-3-5-20/h1-7,12-13,15-16,18-19,29H,8-11,14H2,(H2,27,33)(H2,28,30,31)/t18-,19-. The van der Waals surface area contributed by atoms with E-state index >= 15 is 0 Å². The van der Waals surface area contributed by atoms with E-state index in [0.29, 0.717) is 17.9 Å². The molecule has 0 aliphatic heterocycles. The maximum Gasteiger partial charge on any atom is 0.231 e. The number of rotatable bonds is 7. The van der Waals surface area contributed by atoms with Crippen LogP contribution in [0.2, 0.25) is 0 Å². The second-order valence-corrected chi connectivity index (χ2v) is 8.70. The van der Waals surface area contributed by atoms with Gasteiger partial charge in [-0.15, -0.1) is 0 Å². The van der Waals surface area contributed by atoms with Crippen molar-refractivity contribution in [2.24, 2.45) is 5.73 Å². The Labute approximate surface area is 198 Å². The minimum atomic E-state index is -0.324. The van der Waals surface area contributed by atoms with Crippen LogP contribution in [0.1, 0.15) is 31.7 Å². The van der Waals surface area contributed by atoms with Gasteiger partial charge < -0.3 is 26.1 Å². The van der Waals surface area contributed by atoms with Crippen LogP contribution in [0, 0.1) is 0 Å². The molecule has 8 heteroatoms. The first kappa shape index (κ1) is 21.9. The molecule has 1 aliphatic carbocycles. The van der Waals surface area contributed by atoms with E-state index in [9.17, 15) is 4.79 Å². The predicted molar refractivity (Wildman–Crippen MR) is 132 cm³/mol. The fraction of sp³-hybridized carbons (Fsp3) is 0.269. The van der Waals surface area contributed by atoms with E-state index in [-0.39, 0.29) is 12.5 Å². The van der Waals surface area contributed by atoms with E-state index < -0.39 is 0 Å². The van der Waals surface area contributed by atoms with E-state index in [1.54, 1.807) is 0 Å². The van der Waals surface area contributed by atoms with Gasteiger partial charge in [-0.25, -0.2) is 9.97 Å². The van der Waals surface area contributed by atoms with Crippen molar-refractivity contribution in [2.75, 3.05) is 12.3 Å². The highest BCUT2D eigenvalue weighted by Gasteiger charge is 2.25. The van der Waals surface area contributed by atoms with Crippen molar-refractivity contribution in [3.05, 3.63) is 67.1 Å². The summed E-state index contributed by atoms with van der Waals surface area (Å²) in [5, 5.41) is 4.12. The number of aromatic nitrogens is 3. The van der Waals surface area contributed by atoms with Gasteiger partial charge in [-0.05, 0) is 55.5 Å². The van der Waals surface area contributed by atoms with Crippen molar-refractivity contribution in [3.63, 3.8) is 0 Å². The van der Waals surface area contributed by atoms with Gasteiger partial charge in [0.2, 0.25) is 5.91 Å². The normalized spacial score (nSPS) is 18.1. The summed E-state index contributed by atoms with van der Waals surface area (Å²) in [5.41, 5.74) is 14.5. The number of carbonyl (C=O) groups excluding carboxylic acids is 1. The SMILES string of the molecule is NC(=O)CN[C@H]1CC[C@H](n2cc(-c3ccc(Oc4ccccc4)cc3)c3c(N)ncnc32)CC1. The molecule has 1 saturated carbocycles. The van der Waals surface area contributed by atoms with Gasteiger partial charge in [0.1, 0.15) is 29.3 Å². The minimum Gasteiger partial charge on any atom is -0.457 e. The van der Waals surface area contributed by atoms with Crippen molar-refractivity contribution in [1.82, 2.24) is 19.9 Å². The molecule has 5 rings (SSSR count). The molecule has 0 bridgehead atoms. The van der Waals surface area contributed by atoms with Crippen LogP contribution in [-0.4, -0.2) is 33.0 Å². The Hall–Kier alpha value is -3.91. The summed E-state index contributed by atoms with van der Waals surface area (Å²) in [7, 11) is 0. The average Bonchev–Trinajstić information content (AvgIpc) is 3.25. The maximum absolute atomic E-state index is 11.1. The van der Waals surface area contributed by atoms with Gasteiger partial charge in [-0.1, -0.05) is 30.3 Å².